The summed E-state index contributed by atoms with van der Waals surface area (Å²) in [5.74, 6) is -6.65. The highest BCUT2D eigenvalue weighted by Gasteiger charge is 2.31. The average molecular weight is 260 g/mol. The molecular formula is C10H10F2N2O4. The standard InChI is InChI=1S/C10H10F2N2O4/c1-17-7-5(11)3(9(13)15)4(10(14)16)6(12)8(7)18-2/h1-2H3,(H2,13,15)(H2,14,16). The number of carbonyl (C=O) groups is 2. The van der Waals surface area contributed by atoms with Gasteiger partial charge in [0.2, 0.25) is 11.5 Å². The molecule has 0 aliphatic rings. The van der Waals surface area contributed by atoms with Crippen molar-refractivity contribution in [2.24, 2.45) is 11.5 Å². The first-order valence-corrected chi connectivity index (χ1v) is 4.59. The number of carbonyl (C=O) groups excluding carboxylic acids is 2. The molecule has 0 radical (unpaired) electrons. The van der Waals surface area contributed by atoms with Crippen molar-refractivity contribution in [2.75, 3.05) is 14.2 Å². The molecule has 1 aromatic carbocycles. The molecule has 0 aliphatic heterocycles. The van der Waals surface area contributed by atoms with E-state index in [4.69, 9.17) is 11.5 Å². The largest absolute Gasteiger partial charge is 0.490 e. The van der Waals surface area contributed by atoms with Crippen LogP contribution < -0.4 is 20.9 Å². The predicted octanol–water partition coefficient (Wildman–Crippen LogP) is 0.180. The van der Waals surface area contributed by atoms with Crippen molar-refractivity contribution in [3.05, 3.63) is 22.8 Å². The van der Waals surface area contributed by atoms with Gasteiger partial charge in [-0.2, -0.15) is 0 Å². The van der Waals surface area contributed by atoms with E-state index in [-0.39, 0.29) is 0 Å². The van der Waals surface area contributed by atoms with Gasteiger partial charge in [0, 0.05) is 0 Å². The average Bonchev–Trinajstić information content (AvgIpc) is 2.29. The van der Waals surface area contributed by atoms with E-state index in [1.54, 1.807) is 0 Å². The Balaban J connectivity index is 3.86. The van der Waals surface area contributed by atoms with Crippen molar-refractivity contribution in [3.63, 3.8) is 0 Å². The summed E-state index contributed by atoms with van der Waals surface area (Å²) in [6, 6.07) is 0. The third kappa shape index (κ3) is 1.92. The first-order valence-electron chi connectivity index (χ1n) is 4.59. The van der Waals surface area contributed by atoms with Crippen molar-refractivity contribution in [1.29, 1.82) is 0 Å². The number of amides is 2. The fraction of sp³-hybridized carbons (Fsp3) is 0.200. The summed E-state index contributed by atoms with van der Waals surface area (Å²) < 4.78 is 36.9. The Bertz CT molecular complexity index is 484. The molecule has 0 spiro atoms. The first kappa shape index (κ1) is 13.7. The lowest BCUT2D eigenvalue weighted by Gasteiger charge is -2.14. The zero-order valence-corrected chi connectivity index (χ0v) is 9.54. The Morgan fingerprint density at radius 1 is 0.889 bits per heavy atom. The fourth-order valence-corrected chi connectivity index (χ4v) is 1.47. The van der Waals surface area contributed by atoms with E-state index in [0.717, 1.165) is 14.2 Å². The van der Waals surface area contributed by atoms with E-state index in [9.17, 15) is 18.4 Å². The number of hydrogen-bond acceptors (Lipinski definition) is 4. The number of ether oxygens (including phenoxy) is 2. The molecule has 0 saturated carbocycles. The third-order valence-electron chi connectivity index (χ3n) is 2.19. The molecule has 18 heavy (non-hydrogen) atoms. The van der Waals surface area contributed by atoms with Crippen LogP contribution in [0.5, 0.6) is 11.5 Å². The lowest BCUT2D eigenvalue weighted by atomic mass is 10.0. The molecule has 0 atom stereocenters. The van der Waals surface area contributed by atoms with Gasteiger partial charge in [0.25, 0.3) is 11.8 Å². The fourth-order valence-electron chi connectivity index (χ4n) is 1.47. The highest BCUT2D eigenvalue weighted by molar-refractivity contribution is 6.07. The molecule has 98 valence electrons. The summed E-state index contributed by atoms with van der Waals surface area (Å²) in [7, 11) is 2.07. The van der Waals surface area contributed by atoms with Crippen molar-refractivity contribution in [2.45, 2.75) is 0 Å². The topological polar surface area (TPSA) is 105 Å². The number of methoxy groups -OCH3 is 2. The Morgan fingerprint density at radius 2 is 1.17 bits per heavy atom. The van der Waals surface area contributed by atoms with Gasteiger partial charge >= 0.3 is 0 Å². The maximum Gasteiger partial charge on any atom is 0.252 e. The molecule has 6 nitrogen and oxygen atoms in total. The molecule has 0 fully saturated rings. The van der Waals surface area contributed by atoms with Gasteiger partial charge in [-0.05, 0) is 0 Å². The second-order valence-electron chi connectivity index (χ2n) is 3.17. The van der Waals surface area contributed by atoms with Crippen molar-refractivity contribution in [1.82, 2.24) is 0 Å². The van der Waals surface area contributed by atoms with Crippen LogP contribution in [0.25, 0.3) is 0 Å². The van der Waals surface area contributed by atoms with Crippen LogP contribution in [-0.2, 0) is 0 Å². The summed E-state index contributed by atoms with van der Waals surface area (Å²) in [6.07, 6.45) is 0. The Hall–Kier alpha value is -2.38. The van der Waals surface area contributed by atoms with E-state index in [2.05, 4.69) is 9.47 Å². The first-order chi connectivity index (χ1) is 8.36. The lowest BCUT2D eigenvalue weighted by Crippen LogP contribution is -2.24. The minimum atomic E-state index is -1.35. The summed E-state index contributed by atoms with van der Waals surface area (Å²) in [4.78, 5) is 22.2. The SMILES string of the molecule is COc1c(F)c(C(N)=O)c(C(N)=O)c(F)c1OC. The molecule has 0 bridgehead atoms. The minimum Gasteiger partial charge on any atom is -0.490 e. The molecule has 0 unspecified atom stereocenters. The Kier molecular flexibility index (Phi) is 3.70. The predicted molar refractivity (Wildman–Crippen MR) is 56.5 cm³/mol. The quantitative estimate of drug-likeness (QED) is 0.805. The normalized spacial score (nSPS) is 10.0. The number of hydrogen-bond donors (Lipinski definition) is 2. The van der Waals surface area contributed by atoms with Gasteiger partial charge in [-0.3, -0.25) is 9.59 Å². The van der Waals surface area contributed by atoms with Crippen molar-refractivity contribution >= 4 is 11.8 Å². The van der Waals surface area contributed by atoms with Crippen LogP contribution in [0.2, 0.25) is 0 Å². The number of primary amides is 2. The lowest BCUT2D eigenvalue weighted by molar-refractivity contribution is 0.0958. The van der Waals surface area contributed by atoms with Gasteiger partial charge in [-0.1, -0.05) is 0 Å². The van der Waals surface area contributed by atoms with Gasteiger partial charge in [0.05, 0.1) is 25.3 Å². The van der Waals surface area contributed by atoms with Gasteiger partial charge in [0.15, 0.2) is 11.6 Å². The number of benzene rings is 1. The summed E-state index contributed by atoms with van der Waals surface area (Å²) in [6.45, 7) is 0. The summed E-state index contributed by atoms with van der Waals surface area (Å²) in [5.41, 5.74) is 7.83. The zero-order chi connectivity index (χ0) is 14.0. The van der Waals surface area contributed by atoms with Crippen molar-refractivity contribution < 1.29 is 27.8 Å². The van der Waals surface area contributed by atoms with Gasteiger partial charge in [-0.25, -0.2) is 8.78 Å². The molecule has 8 heteroatoms. The highest BCUT2D eigenvalue weighted by atomic mass is 19.1. The molecule has 4 N–H and O–H groups in total. The molecular weight excluding hydrogens is 250 g/mol. The second kappa shape index (κ2) is 4.86. The monoisotopic (exact) mass is 260 g/mol. The number of nitrogens with two attached hydrogens (primary N) is 2. The maximum atomic E-state index is 13.9. The molecule has 0 aromatic heterocycles. The second-order valence-corrected chi connectivity index (χ2v) is 3.17. The molecule has 2 amide bonds. The van der Waals surface area contributed by atoms with Gasteiger partial charge < -0.3 is 20.9 Å². The molecule has 0 heterocycles. The van der Waals surface area contributed by atoms with Gasteiger partial charge in [0.1, 0.15) is 0 Å². The smallest absolute Gasteiger partial charge is 0.252 e. The maximum absolute atomic E-state index is 13.9. The third-order valence-corrected chi connectivity index (χ3v) is 2.19. The zero-order valence-electron chi connectivity index (χ0n) is 9.54. The molecule has 0 saturated heterocycles. The van der Waals surface area contributed by atoms with E-state index in [0.29, 0.717) is 0 Å². The molecule has 1 rings (SSSR count). The van der Waals surface area contributed by atoms with Crippen LogP contribution in [0.1, 0.15) is 20.7 Å². The summed E-state index contributed by atoms with van der Waals surface area (Å²) in [5, 5.41) is 0. The van der Waals surface area contributed by atoms with Crippen LogP contribution >= 0.6 is 0 Å². The number of halogens is 2. The van der Waals surface area contributed by atoms with E-state index >= 15 is 0 Å². The Morgan fingerprint density at radius 3 is 1.33 bits per heavy atom. The van der Waals surface area contributed by atoms with Crippen molar-refractivity contribution in [3.8, 4) is 11.5 Å². The van der Waals surface area contributed by atoms with E-state index < -0.39 is 46.1 Å². The number of rotatable bonds is 4. The molecule has 0 aliphatic carbocycles. The highest BCUT2D eigenvalue weighted by Crippen LogP contribution is 2.37. The van der Waals surface area contributed by atoms with Crippen LogP contribution in [0.4, 0.5) is 8.78 Å². The van der Waals surface area contributed by atoms with E-state index in [1.165, 1.54) is 0 Å². The van der Waals surface area contributed by atoms with Crippen LogP contribution in [0.15, 0.2) is 0 Å². The minimum absolute atomic E-state index is 0.672. The summed E-state index contributed by atoms with van der Waals surface area (Å²) >= 11 is 0. The van der Waals surface area contributed by atoms with E-state index in [1.807, 2.05) is 0 Å². The van der Waals surface area contributed by atoms with Gasteiger partial charge in [-0.15, -0.1) is 0 Å². The molecule has 1 aromatic rings. The van der Waals surface area contributed by atoms with Crippen LogP contribution in [0, 0.1) is 11.6 Å². The van der Waals surface area contributed by atoms with Crippen LogP contribution in [-0.4, -0.2) is 26.0 Å². The van der Waals surface area contributed by atoms with Crippen LogP contribution in [0.3, 0.4) is 0 Å². The Labute approximate surface area is 100 Å².